The van der Waals surface area contributed by atoms with E-state index in [2.05, 4.69) is 18.2 Å². The van der Waals surface area contributed by atoms with Crippen molar-refractivity contribution in [1.29, 1.82) is 0 Å². The number of hydrogen-bond acceptors (Lipinski definition) is 3. The van der Waals surface area contributed by atoms with E-state index in [0.29, 0.717) is 13.2 Å². The highest BCUT2D eigenvalue weighted by Gasteiger charge is 2.21. The second kappa shape index (κ2) is 6.77. The standard InChI is InChI=1S/C12H21NO2/c1-3-14-12(15-4-2)11(13)10-8-6-5-7-9-10/h6,8-9,11-12H,3-5,7,13H2,1-2H3. The lowest BCUT2D eigenvalue weighted by Gasteiger charge is -2.25. The quantitative estimate of drug-likeness (QED) is 0.683. The first-order valence-electron chi connectivity index (χ1n) is 5.65. The Morgan fingerprint density at radius 2 is 1.93 bits per heavy atom. The zero-order valence-corrected chi connectivity index (χ0v) is 9.61. The summed E-state index contributed by atoms with van der Waals surface area (Å²) in [5.74, 6) is 0. The van der Waals surface area contributed by atoms with Gasteiger partial charge in [-0.3, -0.25) is 0 Å². The van der Waals surface area contributed by atoms with Crippen molar-refractivity contribution >= 4 is 0 Å². The monoisotopic (exact) mass is 211 g/mol. The molecule has 0 bridgehead atoms. The fourth-order valence-corrected chi connectivity index (χ4v) is 1.62. The molecule has 0 aromatic carbocycles. The molecule has 1 aliphatic rings. The van der Waals surface area contributed by atoms with Crippen molar-refractivity contribution in [2.45, 2.75) is 39.0 Å². The summed E-state index contributed by atoms with van der Waals surface area (Å²) in [6, 6.07) is -0.179. The highest BCUT2D eigenvalue weighted by atomic mass is 16.7. The van der Waals surface area contributed by atoms with Gasteiger partial charge >= 0.3 is 0 Å². The summed E-state index contributed by atoms with van der Waals surface area (Å²) in [5.41, 5.74) is 7.21. The van der Waals surface area contributed by atoms with E-state index in [9.17, 15) is 0 Å². The van der Waals surface area contributed by atoms with E-state index in [1.165, 1.54) is 0 Å². The van der Waals surface area contributed by atoms with E-state index in [4.69, 9.17) is 15.2 Å². The number of ether oxygens (including phenoxy) is 2. The molecule has 0 radical (unpaired) electrons. The molecule has 1 atom stereocenters. The van der Waals surface area contributed by atoms with Gasteiger partial charge in [-0.2, -0.15) is 0 Å². The Labute approximate surface area is 91.9 Å². The van der Waals surface area contributed by atoms with Crippen LogP contribution >= 0.6 is 0 Å². The van der Waals surface area contributed by atoms with Crippen molar-refractivity contribution in [3.8, 4) is 0 Å². The molecule has 3 heteroatoms. The van der Waals surface area contributed by atoms with Crippen LogP contribution < -0.4 is 5.73 Å². The Hall–Kier alpha value is -0.640. The molecular weight excluding hydrogens is 190 g/mol. The SMILES string of the molecule is CCOC(OCC)C(N)C1=CCCC=C1. The number of rotatable bonds is 6. The summed E-state index contributed by atoms with van der Waals surface area (Å²) in [5, 5.41) is 0. The van der Waals surface area contributed by atoms with Gasteiger partial charge in [-0.25, -0.2) is 0 Å². The van der Waals surface area contributed by atoms with Crippen LogP contribution in [0.1, 0.15) is 26.7 Å². The van der Waals surface area contributed by atoms with Crippen molar-refractivity contribution in [3.63, 3.8) is 0 Å². The Kier molecular flexibility index (Phi) is 5.61. The third kappa shape index (κ3) is 3.78. The molecule has 1 rings (SSSR count). The first kappa shape index (κ1) is 12.4. The molecule has 1 aliphatic carbocycles. The van der Waals surface area contributed by atoms with E-state index in [0.717, 1.165) is 18.4 Å². The summed E-state index contributed by atoms with van der Waals surface area (Å²) < 4.78 is 11.0. The average molecular weight is 211 g/mol. The third-order valence-corrected chi connectivity index (χ3v) is 2.36. The lowest BCUT2D eigenvalue weighted by atomic mass is 10.0. The van der Waals surface area contributed by atoms with Crippen molar-refractivity contribution in [2.24, 2.45) is 5.73 Å². The van der Waals surface area contributed by atoms with Crippen LogP contribution in [0.4, 0.5) is 0 Å². The summed E-state index contributed by atoms with van der Waals surface area (Å²) in [4.78, 5) is 0. The Morgan fingerprint density at radius 3 is 2.40 bits per heavy atom. The summed E-state index contributed by atoms with van der Waals surface area (Å²) >= 11 is 0. The van der Waals surface area contributed by atoms with Gasteiger partial charge in [0.1, 0.15) is 0 Å². The predicted octanol–water partition coefficient (Wildman–Crippen LogP) is 1.99. The van der Waals surface area contributed by atoms with Crippen molar-refractivity contribution in [2.75, 3.05) is 13.2 Å². The van der Waals surface area contributed by atoms with Crippen LogP contribution in [-0.4, -0.2) is 25.5 Å². The second-order valence-electron chi connectivity index (χ2n) is 3.49. The number of hydrogen-bond donors (Lipinski definition) is 1. The normalized spacial score (nSPS) is 18.0. The van der Waals surface area contributed by atoms with Crippen molar-refractivity contribution in [3.05, 3.63) is 23.8 Å². The topological polar surface area (TPSA) is 44.5 Å². The number of allylic oxidation sites excluding steroid dienone is 2. The third-order valence-electron chi connectivity index (χ3n) is 2.36. The van der Waals surface area contributed by atoms with Gasteiger partial charge in [0.05, 0.1) is 6.04 Å². The van der Waals surface area contributed by atoms with Crippen molar-refractivity contribution in [1.82, 2.24) is 0 Å². The van der Waals surface area contributed by atoms with Crippen LogP contribution in [0.2, 0.25) is 0 Å². The Morgan fingerprint density at radius 1 is 1.27 bits per heavy atom. The smallest absolute Gasteiger partial charge is 0.176 e. The molecule has 15 heavy (non-hydrogen) atoms. The predicted molar refractivity (Wildman–Crippen MR) is 61.5 cm³/mol. The molecule has 2 N–H and O–H groups in total. The van der Waals surface area contributed by atoms with Gasteiger partial charge in [-0.15, -0.1) is 0 Å². The lowest BCUT2D eigenvalue weighted by molar-refractivity contribution is -0.142. The molecule has 86 valence electrons. The second-order valence-corrected chi connectivity index (χ2v) is 3.49. The fraction of sp³-hybridized carbons (Fsp3) is 0.667. The molecule has 3 nitrogen and oxygen atoms in total. The van der Waals surface area contributed by atoms with Gasteiger partial charge in [0.15, 0.2) is 6.29 Å². The zero-order valence-electron chi connectivity index (χ0n) is 9.61. The molecule has 0 spiro atoms. The molecule has 1 unspecified atom stereocenters. The minimum Gasteiger partial charge on any atom is -0.351 e. The lowest BCUT2D eigenvalue weighted by Crippen LogP contribution is -2.40. The van der Waals surface area contributed by atoms with Crippen molar-refractivity contribution < 1.29 is 9.47 Å². The van der Waals surface area contributed by atoms with Gasteiger partial charge in [0.25, 0.3) is 0 Å². The molecule has 0 saturated carbocycles. The van der Waals surface area contributed by atoms with Crippen LogP contribution in [0.5, 0.6) is 0 Å². The van der Waals surface area contributed by atoms with Crippen LogP contribution in [-0.2, 0) is 9.47 Å². The first-order chi connectivity index (χ1) is 7.29. The van der Waals surface area contributed by atoms with Crippen LogP contribution in [0.3, 0.4) is 0 Å². The maximum atomic E-state index is 6.10. The van der Waals surface area contributed by atoms with E-state index >= 15 is 0 Å². The Balaban J connectivity index is 2.57. The maximum absolute atomic E-state index is 6.10. The maximum Gasteiger partial charge on any atom is 0.176 e. The minimum absolute atomic E-state index is 0.179. The molecule has 0 heterocycles. The summed E-state index contributed by atoms with van der Waals surface area (Å²) in [6.07, 6.45) is 8.21. The van der Waals surface area contributed by atoms with E-state index < -0.39 is 0 Å². The largest absolute Gasteiger partial charge is 0.351 e. The van der Waals surface area contributed by atoms with Gasteiger partial charge < -0.3 is 15.2 Å². The van der Waals surface area contributed by atoms with Gasteiger partial charge in [0.2, 0.25) is 0 Å². The number of nitrogens with two attached hydrogens (primary N) is 1. The molecule has 0 saturated heterocycles. The van der Waals surface area contributed by atoms with Gasteiger partial charge in [-0.1, -0.05) is 18.2 Å². The van der Waals surface area contributed by atoms with Crippen LogP contribution in [0.15, 0.2) is 23.8 Å². The van der Waals surface area contributed by atoms with E-state index in [-0.39, 0.29) is 12.3 Å². The van der Waals surface area contributed by atoms with E-state index in [1.54, 1.807) is 0 Å². The van der Waals surface area contributed by atoms with Crippen LogP contribution in [0, 0.1) is 0 Å². The molecule has 0 amide bonds. The Bertz CT molecular complexity index is 230. The average Bonchev–Trinajstić information content (AvgIpc) is 2.29. The highest BCUT2D eigenvalue weighted by molar-refractivity contribution is 5.27. The van der Waals surface area contributed by atoms with Crippen LogP contribution in [0.25, 0.3) is 0 Å². The molecule has 0 aliphatic heterocycles. The molecule has 0 aromatic rings. The highest BCUT2D eigenvalue weighted by Crippen LogP contribution is 2.16. The fourth-order valence-electron chi connectivity index (χ4n) is 1.62. The minimum atomic E-state index is -0.325. The summed E-state index contributed by atoms with van der Waals surface area (Å²) in [7, 11) is 0. The molecule has 0 fully saturated rings. The van der Waals surface area contributed by atoms with Gasteiger partial charge in [-0.05, 0) is 32.3 Å². The van der Waals surface area contributed by atoms with E-state index in [1.807, 2.05) is 13.8 Å². The van der Waals surface area contributed by atoms with Gasteiger partial charge in [0, 0.05) is 13.2 Å². The zero-order chi connectivity index (χ0) is 11.1. The molecule has 0 aromatic heterocycles. The molecular formula is C12H21NO2. The summed E-state index contributed by atoms with van der Waals surface area (Å²) in [6.45, 7) is 5.14. The first-order valence-corrected chi connectivity index (χ1v) is 5.65.